The number of benzene rings is 1. The third-order valence-corrected chi connectivity index (χ3v) is 8.38. The largest absolute Gasteiger partial charge is 0.413 e. The number of alkyl halides is 3. The highest BCUT2D eigenvalue weighted by atomic mass is 32.1. The number of hydrogen-bond donors (Lipinski definition) is 5. The second kappa shape index (κ2) is 10.1. The van der Waals surface area contributed by atoms with Gasteiger partial charge in [0.25, 0.3) is 0 Å². The van der Waals surface area contributed by atoms with E-state index in [2.05, 4.69) is 25.6 Å². The van der Waals surface area contributed by atoms with Gasteiger partial charge in [-0.15, -0.1) is 22.7 Å². The van der Waals surface area contributed by atoms with Crippen molar-refractivity contribution >= 4 is 44.7 Å². The van der Waals surface area contributed by atoms with Gasteiger partial charge in [0.2, 0.25) is 5.95 Å². The van der Waals surface area contributed by atoms with Crippen molar-refractivity contribution in [2.45, 2.75) is 43.8 Å². The van der Waals surface area contributed by atoms with Crippen LogP contribution in [0.15, 0.2) is 41.8 Å². The molecule has 5 rings (SSSR count). The molecule has 1 saturated carbocycles. The first-order valence-electron chi connectivity index (χ1n) is 11.5. The minimum absolute atomic E-state index is 0.0682. The maximum absolute atomic E-state index is 13.9. The number of para-hydroxylation sites is 1. The number of rotatable bonds is 7. The highest BCUT2D eigenvalue weighted by Crippen LogP contribution is 2.40. The van der Waals surface area contributed by atoms with Gasteiger partial charge in [0.1, 0.15) is 16.9 Å². The maximum atomic E-state index is 13.9. The van der Waals surface area contributed by atoms with Crippen molar-refractivity contribution in [2.24, 2.45) is 5.92 Å². The molecule has 1 fully saturated rings. The van der Waals surface area contributed by atoms with Crippen LogP contribution in [0, 0.1) is 12.8 Å². The van der Waals surface area contributed by atoms with Crippen LogP contribution in [0.2, 0.25) is 0 Å². The zero-order valence-electron chi connectivity index (χ0n) is 19.5. The van der Waals surface area contributed by atoms with Crippen LogP contribution in [-0.4, -0.2) is 61.3 Å². The summed E-state index contributed by atoms with van der Waals surface area (Å²) in [6.07, 6.45) is -6.71. The molecule has 1 aliphatic rings. The van der Waals surface area contributed by atoms with Gasteiger partial charge in [0.05, 0.1) is 33.6 Å². The highest BCUT2D eigenvalue weighted by molar-refractivity contribution is 7.21. The van der Waals surface area contributed by atoms with Crippen LogP contribution in [0.3, 0.4) is 0 Å². The van der Waals surface area contributed by atoms with E-state index in [4.69, 9.17) is 0 Å². The van der Waals surface area contributed by atoms with Gasteiger partial charge >= 0.3 is 6.18 Å². The quantitative estimate of drug-likeness (QED) is 0.230. The summed E-state index contributed by atoms with van der Waals surface area (Å²) in [6, 6.07) is 7.73. The summed E-state index contributed by atoms with van der Waals surface area (Å²) in [5, 5.41) is 38.1. The first-order valence-corrected chi connectivity index (χ1v) is 13.2. The summed E-state index contributed by atoms with van der Waals surface area (Å²) in [5.41, 5.74) is 1.63. The number of nitrogens with one attached hydrogen (secondary N) is 2. The van der Waals surface area contributed by atoms with Crippen LogP contribution >= 0.6 is 22.7 Å². The monoisotopic (exact) mass is 551 g/mol. The van der Waals surface area contributed by atoms with Crippen LogP contribution < -0.4 is 10.6 Å². The number of fused-ring (bicyclic) bond motifs is 1. The molecule has 13 heteroatoms. The average Bonchev–Trinajstić information content (AvgIpc) is 3.58. The predicted octanol–water partition coefficient (Wildman–Crippen LogP) is 4.35. The highest BCUT2D eigenvalue weighted by Gasteiger charge is 2.43. The van der Waals surface area contributed by atoms with E-state index in [9.17, 15) is 28.5 Å². The molecule has 3 aromatic heterocycles. The molecular weight excluding hydrogens is 527 g/mol. The Morgan fingerprint density at radius 2 is 1.86 bits per heavy atom. The van der Waals surface area contributed by atoms with Gasteiger partial charge in [0.15, 0.2) is 6.04 Å². The van der Waals surface area contributed by atoms with E-state index >= 15 is 0 Å². The number of aryl methyl sites for hydroxylation is 1. The third-order valence-electron chi connectivity index (χ3n) is 6.38. The van der Waals surface area contributed by atoms with Crippen LogP contribution in [0.4, 0.5) is 24.9 Å². The number of aromatic nitrogens is 3. The molecule has 0 amide bonds. The smallest absolute Gasteiger partial charge is 0.396 e. The number of aliphatic hydroxyl groups is 3. The minimum atomic E-state index is -4.60. The summed E-state index contributed by atoms with van der Waals surface area (Å²) >= 11 is 2.35. The van der Waals surface area contributed by atoms with E-state index in [0.29, 0.717) is 16.3 Å². The van der Waals surface area contributed by atoms with Crippen LogP contribution in [0.1, 0.15) is 23.0 Å². The maximum Gasteiger partial charge on any atom is 0.413 e. The molecule has 1 aromatic carbocycles. The molecule has 0 spiro atoms. The molecule has 5 N–H and O–H groups in total. The Hall–Kier alpha value is -2.84. The zero-order valence-corrected chi connectivity index (χ0v) is 21.1. The van der Waals surface area contributed by atoms with Crippen molar-refractivity contribution in [1.29, 1.82) is 0 Å². The Morgan fingerprint density at radius 3 is 2.51 bits per heavy atom. The topological polar surface area (TPSA) is 123 Å². The Kier molecular flexibility index (Phi) is 7.07. The fraction of sp³-hybridized carbons (Fsp3) is 0.375. The number of thiophene rings is 1. The number of anilines is 2. The minimum Gasteiger partial charge on any atom is -0.396 e. The molecule has 0 aliphatic heterocycles. The Balaban J connectivity index is 1.57. The van der Waals surface area contributed by atoms with Gasteiger partial charge in [0, 0.05) is 17.4 Å². The van der Waals surface area contributed by atoms with Gasteiger partial charge in [-0.25, -0.2) is 9.97 Å². The van der Waals surface area contributed by atoms with Gasteiger partial charge in [-0.05, 0) is 36.9 Å². The average molecular weight is 552 g/mol. The molecule has 0 unspecified atom stereocenters. The van der Waals surface area contributed by atoms with Crippen molar-refractivity contribution in [3.8, 4) is 10.6 Å². The lowest BCUT2D eigenvalue weighted by Gasteiger charge is -2.23. The Labute approximate surface area is 217 Å². The molecule has 196 valence electrons. The van der Waals surface area contributed by atoms with E-state index in [-0.39, 0.29) is 29.7 Å². The van der Waals surface area contributed by atoms with E-state index < -0.39 is 36.4 Å². The molecule has 4 aromatic rings. The lowest BCUT2D eigenvalue weighted by Crippen LogP contribution is -2.36. The van der Waals surface area contributed by atoms with Crippen LogP contribution in [0.25, 0.3) is 20.8 Å². The van der Waals surface area contributed by atoms with Crippen molar-refractivity contribution in [3.63, 3.8) is 0 Å². The van der Waals surface area contributed by atoms with Crippen molar-refractivity contribution in [2.75, 3.05) is 17.2 Å². The van der Waals surface area contributed by atoms with Crippen molar-refractivity contribution in [3.05, 3.63) is 52.3 Å². The van der Waals surface area contributed by atoms with E-state index in [1.165, 1.54) is 17.4 Å². The summed E-state index contributed by atoms with van der Waals surface area (Å²) in [5.74, 6) is -0.615. The van der Waals surface area contributed by atoms with E-state index in [1.54, 1.807) is 18.4 Å². The molecule has 3 heterocycles. The summed E-state index contributed by atoms with van der Waals surface area (Å²) < 4.78 is 42.7. The second-order valence-electron chi connectivity index (χ2n) is 8.89. The number of aliphatic hydroxyl groups excluding tert-OH is 3. The standard InChI is InChI=1S/C24H24F3N5O3S2/c1-11-17(22-30-13-5-2-3-6-15(13)37-22)21(29-14-9-12(10-33)18(34)19(14)35)32-23(28-11)31-20(24(25,26)27)16-7-4-8-36-16/h2-8,12,14,18-20,33-35H,9-10H2,1H3,(H2,28,29,31,32)/t12-,14-,18-,19+,20+/m1/s1. The SMILES string of the molecule is Cc1nc(N[C@@H](c2cccs2)C(F)(F)F)nc(N[C@@H]2C[C@H](CO)[C@@H](O)[C@H]2O)c1-c1nc2ccccc2s1. The lowest BCUT2D eigenvalue weighted by atomic mass is 10.1. The van der Waals surface area contributed by atoms with E-state index in [1.807, 2.05) is 24.3 Å². The fourth-order valence-corrected chi connectivity index (χ4v) is 6.36. The summed E-state index contributed by atoms with van der Waals surface area (Å²) in [7, 11) is 0. The molecule has 1 aliphatic carbocycles. The summed E-state index contributed by atoms with van der Waals surface area (Å²) in [4.78, 5) is 13.5. The normalized spacial score (nSPS) is 22.9. The van der Waals surface area contributed by atoms with Gasteiger partial charge < -0.3 is 26.0 Å². The molecule has 0 bridgehead atoms. The lowest BCUT2D eigenvalue weighted by molar-refractivity contribution is -0.143. The van der Waals surface area contributed by atoms with Gasteiger partial charge in [-0.3, -0.25) is 0 Å². The summed E-state index contributed by atoms with van der Waals surface area (Å²) in [6.45, 7) is 1.34. The molecule has 0 radical (unpaired) electrons. The predicted molar refractivity (Wildman–Crippen MR) is 137 cm³/mol. The molecule has 37 heavy (non-hydrogen) atoms. The number of hydrogen-bond acceptors (Lipinski definition) is 10. The van der Waals surface area contributed by atoms with Crippen molar-refractivity contribution in [1.82, 2.24) is 15.0 Å². The molecule has 8 nitrogen and oxygen atoms in total. The van der Waals surface area contributed by atoms with E-state index in [0.717, 1.165) is 21.6 Å². The van der Waals surface area contributed by atoms with Crippen molar-refractivity contribution < 1.29 is 28.5 Å². The first kappa shape index (κ1) is 25.8. The molecule has 0 saturated heterocycles. The first-order chi connectivity index (χ1) is 17.7. The molecule has 5 atom stereocenters. The molecular formula is C24H24F3N5O3S2. The van der Waals surface area contributed by atoms with Crippen LogP contribution in [0.5, 0.6) is 0 Å². The number of halogens is 3. The number of thiazole rings is 1. The fourth-order valence-electron chi connectivity index (χ4n) is 4.50. The second-order valence-corrected chi connectivity index (χ2v) is 10.9. The van der Waals surface area contributed by atoms with Gasteiger partial charge in [-0.2, -0.15) is 18.2 Å². The Bertz CT molecular complexity index is 1350. The van der Waals surface area contributed by atoms with Gasteiger partial charge in [-0.1, -0.05) is 18.2 Å². The zero-order chi connectivity index (χ0) is 26.3. The Morgan fingerprint density at radius 1 is 1.08 bits per heavy atom. The number of nitrogens with zero attached hydrogens (tertiary/aromatic N) is 3. The third kappa shape index (κ3) is 5.14. The van der Waals surface area contributed by atoms with Crippen LogP contribution in [-0.2, 0) is 0 Å².